The van der Waals surface area contributed by atoms with Crippen molar-refractivity contribution in [2.45, 2.75) is 30.8 Å². The Labute approximate surface area is 129 Å². The van der Waals surface area contributed by atoms with Crippen molar-refractivity contribution in [3.63, 3.8) is 0 Å². The van der Waals surface area contributed by atoms with Gasteiger partial charge in [-0.15, -0.1) is 0 Å². The van der Waals surface area contributed by atoms with E-state index in [2.05, 4.69) is 22.9 Å². The first-order valence-corrected chi connectivity index (χ1v) is 8.11. The number of benzene rings is 1. The molecule has 2 unspecified atom stereocenters. The molecule has 0 radical (unpaired) electrons. The Morgan fingerprint density at radius 3 is 2.59 bits per heavy atom. The lowest BCUT2D eigenvalue weighted by Crippen LogP contribution is -2.78. The van der Waals surface area contributed by atoms with Gasteiger partial charge in [-0.3, -0.25) is 14.3 Å². The van der Waals surface area contributed by atoms with Crippen LogP contribution in [0.1, 0.15) is 24.6 Å². The first-order valence-electron chi connectivity index (χ1n) is 8.11. The van der Waals surface area contributed by atoms with Crippen LogP contribution in [0, 0.1) is 0 Å². The molecule has 3 heterocycles. The highest BCUT2D eigenvalue weighted by molar-refractivity contribution is 5.82. The summed E-state index contributed by atoms with van der Waals surface area (Å²) >= 11 is 0. The van der Waals surface area contributed by atoms with E-state index in [9.17, 15) is 4.79 Å². The quantitative estimate of drug-likeness (QED) is 0.838. The molecular formula is C17H20N4O. The van der Waals surface area contributed by atoms with Crippen LogP contribution < -0.4 is 10.5 Å². The molecule has 1 aromatic heterocycles. The molecule has 0 bridgehead atoms. The molecular weight excluding hydrogens is 276 g/mol. The van der Waals surface area contributed by atoms with E-state index < -0.39 is 0 Å². The predicted molar refractivity (Wildman–Crippen MR) is 86.5 cm³/mol. The molecule has 1 saturated carbocycles. The molecule has 1 aliphatic carbocycles. The third kappa shape index (κ3) is 1.57. The van der Waals surface area contributed by atoms with Crippen molar-refractivity contribution in [3.05, 3.63) is 34.4 Å². The average Bonchev–Trinajstić information content (AvgIpc) is 3.33. The van der Waals surface area contributed by atoms with Gasteiger partial charge in [-0.1, -0.05) is 0 Å². The molecule has 114 valence electrons. The summed E-state index contributed by atoms with van der Waals surface area (Å²) < 4.78 is 1.75. The van der Waals surface area contributed by atoms with Gasteiger partial charge in [0.15, 0.2) is 0 Å². The summed E-state index contributed by atoms with van der Waals surface area (Å²) in [4.78, 5) is 22.2. The minimum Gasteiger partial charge on any atom is -0.364 e. The van der Waals surface area contributed by atoms with Crippen molar-refractivity contribution in [3.8, 4) is 0 Å². The fourth-order valence-electron chi connectivity index (χ4n) is 3.93. The van der Waals surface area contributed by atoms with Crippen molar-refractivity contribution >= 4 is 16.6 Å². The van der Waals surface area contributed by atoms with E-state index in [4.69, 9.17) is 4.98 Å². The summed E-state index contributed by atoms with van der Waals surface area (Å²) in [5, 5.41) is 0.750. The van der Waals surface area contributed by atoms with E-state index in [1.807, 2.05) is 19.2 Å². The lowest BCUT2D eigenvalue weighted by molar-refractivity contribution is 0.0369. The number of likely N-dealkylation sites (N-methyl/N-ethyl adjacent to an activating group) is 1. The second-order valence-electron chi connectivity index (χ2n) is 7.04. The number of fused-ring (bicyclic) bond motifs is 2. The molecule has 1 aromatic carbocycles. The van der Waals surface area contributed by atoms with Gasteiger partial charge in [0.1, 0.15) is 5.82 Å². The van der Waals surface area contributed by atoms with Gasteiger partial charge < -0.3 is 4.90 Å². The molecule has 3 aliphatic rings. The van der Waals surface area contributed by atoms with Crippen LogP contribution in [0.4, 0.5) is 5.69 Å². The van der Waals surface area contributed by atoms with E-state index >= 15 is 0 Å². The number of nitrogens with zero attached hydrogens (tertiary/aromatic N) is 4. The average molecular weight is 296 g/mol. The maximum Gasteiger partial charge on any atom is 0.261 e. The smallest absolute Gasteiger partial charge is 0.261 e. The summed E-state index contributed by atoms with van der Waals surface area (Å²) in [5.74, 6) is 1.44. The highest BCUT2D eigenvalue weighted by Gasteiger charge is 2.49. The minimum absolute atomic E-state index is 0.0940. The summed E-state index contributed by atoms with van der Waals surface area (Å²) in [7, 11) is 4.04. The molecule has 5 nitrogen and oxygen atoms in total. The Morgan fingerprint density at radius 1 is 1.14 bits per heavy atom. The van der Waals surface area contributed by atoms with Crippen LogP contribution in [0.2, 0.25) is 0 Å². The fourth-order valence-corrected chi connectivity index (χ4v) is 3.93. The lowest BCUT2D eigenvalue weighted by Gasteiger charge is -2.62. The van der Waals surface area contributed by atoms with E-state index in [-0.39, 0.29) is 5.56 Å². The fraction of sp³-hybridized carbons (Fsp3) is 0.529. The number of aromatic nitrogens is 2. The molecule has 2 atom stereocenters. The van der Waals surface area contributed by atoms with Crippen molar-refractivity contribution in [2.75, 3.05) is 25.0 Å². The Kier molecular flexibility index (Phi) is 2.36. The van der Waals surface area contributed by atoms with Gasteiger partial charge in [0.2, 0.25) is 0 Å². The van der Waals surface area contributed by atoms with Crippen LogP contribution >= 0.6 is 0 Å². The second-order valence-corrected chi connectivity index (χ2v) is 7.04. The lowest BCUT2D eigenvalue weighted by atomic mass is 9.85. The van der Waals surface area contributed by atoms with Crippen LogP contribution in [0.3, 0.4) is 0 Å². The van der Waals surface area contributed by atoms with Gasteiger partial charge in [0.25, 0.3) is 5.56 Å². The van der Waals surface area contributed by atoms with Crippen molar-refractivity contribution in [1.82, 2.24) is 14.5 Å². The molecule has 22 heavy (non-hydrogen) atoms. The highest BCUT2D eigenvalue weighted by atomic mass is 16.1. The van der Waals surface area contributed by atoms with Gasteiger partial charge in [-0.25, -0.2) is 4.98 Å². The zero-order valence-electron chi connectivity index (χ0n) is 13.0. The zero-order chi connectivity index (χ0) is 15.0. The first kappa shape index (κ1) is 12.6. The van der Waals surface area contributed by atoms with Gasteiger partial charge in [0, 0.05) is 37.8 Å². The monoisotopic (exact) mass is 296 g/mol. The molecule has 0 N–H and O–H groups in total. The minimum atomic E-state index is 0.0940. The third-order valence-electron chi connectivity index (χ3n) is 5.64. The van der Waals surface area contributed by atoms with Gasteiger partial charge >= 0.3 is 0 Å². The van der Waals surface area contributed by atoms with Crippen molar-refractivity contribution in [2.24, 2.45) is 7.05 Å². The Balaban J connectivity index is 1.58. The van der Waals surface area contributed by atoms with E-state index in [1.165, 1.54) is 5.69 Å². The third-order valence-corrected chi connectivity index (χ3v) is 5.64. The zero-order valence-corrected chi connectivity index (χ0v) is 13.0. The maximum atomic E-state index is 12.7. The summed E-state index contributed by atoms with van der Waals surface area (Å²) in [6.07, 6.45) is 2.32. The van der Waals surface area contributed by atoms with Crippen molar-refractivity contribution in [1.29, 1.82) is 0 Å². The number of hydrogen-bond acceptors (Lipinski definition) is 4. The molecule has 5 rings (SSSR count). The van der Waals surface area contributed by atoms with Crippen LogP contribution in [0.15, 0.2) is 23.0 Å². The van der Waals surface area contributed by atoms with Crippen LogP contribution in [-0.2, 0) is 7.05 Å². The molecule has 2 aromatic rings. The van der Waals surface area contributed by atoms with Crippen LogP contribution in [-0.4, -0.2) is 46.7 Å². The predicted octanol–water partition coefficient (Wildman–Crippen LogP) is 1.31. The van der Waals surface area contributed by atoms with Gasteiger partial charge in [-0.2, -0.15) is 0 Å². The number of anilines is 1. The van der Waals surface area contributed by atoms with Gasteiger partial charge in [-0.05, 0) is 38.1 Å². The van der Waals surface area contributed by atoms with Crippen LogP contribution in [0.5, 0.6) is 0 Å². The standard InChI is InChI=1S/C17H20N4O/c1-19-8-15-14(19)9-21(15)11-5-6-13-12(7-11)17(22)20(2)16(18-13)10-3-4-10/h5-7,10,14-15H,3-4,8-9H2,1-2H3. The van der Waals surface area contributed by atoms with Crippen molar-refractivity contribution < 1.29 is 0 Å². The summed E-state index contributed by atoms with van der Waals surface area (Å²) in [5.41, 5.74) is 2.10. The largest absolute Gasteiger partial charge is 0.364 e. The Hall–Kier alpha value is -1.88. The Bertz CT molecular complexity index is 838. The number of likely N-dealkylation sites (tertiary alicyclic amines) is 1. The maximum absolute atomic E-state index is 12.7. The van der Waals surface area contributed by atoms with Gasteiger partial charge in [0.05, 0.1) is 16.9 Å². The number of rotatable bonds is 2. The Morgan fingerprint density at radius 2 is 1.95 bits per heavy atom. The molecule has 0 amide bonds. The SMILES string of the molecule is CN1CC2C1CN2c1ccc2nc(C3CC3)n(C)c(=O)c2c1. The topological polar surface area (TPSA) is 41.4 Å². The summed E-state index contributed by atoms with van der Waals surface area (Å²) in [6.45, 7) is 2.19. The molecule has 2 saturated heterocycles. The molecule has 2 aliphatic heterocycles. The normalized spacial score (nSPS) is 27.5. The van der Waals surface area contributed by atoms with E-state index in [0.29, 0.717) is 18.0 Å². The second kappa shape index (κ2) is 4.10. The van der Waals surface area contributed by atoms with E-state index in [0.717, 1.165) is 42.7 Å². The molecule has 3 fully saturated rings. The first-order chi connectivity index (χ1) is 10.6. The molecule has 5 heteroatoms. The summed E-state index contributed by atoms with van der Waals surface area (Å²) in [6, 6.07) is 7.52. The number of piperazine rings is 1. The highest BCUT2D eigenvalue weighted by Crippen LogP contribution is 2.39. The molecule has 0 spiro atoms. The van der Waals surface area contributed by atoms with Crippen LogP contribution in [0.25, 0.3) is 10.9 Å². The van der Waals surface area contributed by atoms with E-state index in [1.54, 1.807) is 4.57 Å². The number of hydrogen-bond donors (Lipinski definition) is 0.